The Bertz CT molecular complexity index is 823. The van der Waals surface area contributed by atoms with Crippen LogP contribution < -0.4 is 10.1 Å². The molecule has 6 nitrogen and oxygen atoms in total. The van der Waals surface area contributed by atoms with Crippen LogP contribution in [0.15, 0.2) is 42.6 Å². The van der Waals surface area contributed by atoms with Gasteiger partial charge in [0.15, 0.2) is 0 Å². The molecule has 1 saturated heterocycles. The summed E-state index contributed by atoms with van der Waals surface area (Å²) < 4.78 is 5.76. The quantitative estimate of drug-likeness (QED) is 0.829. The SMILES string of the molecule is N#Cc1ccccc1OCCN1CC[C@@H](CNc2ncccc2C#N)C1. The van der Waals surface area contributed by atoms with Gasteiger partial charge in [-0.1, -0.05) is 12.1 Å². The Labute approximate surface area is 153 Å². The van der Waals surface area contributed by atoms with E-state index in [-0.39, 0.29) is 0 Å². The molecular weight excluding hydrogens is 326 g/mol. The topological polar surface area (TPSA) is 85.0 Å². The van der Waals surface area contributed by atoms with Gasteiger partial charge < -0.3 is 10.1 Å². The van der Waals surface area contributed by atoms with Crippen LogP contribution in [0.5, 0.6) is 5.75 Å². The first-order chi connectivity index (χ1) is 12.8. The number of nitrogens with one attached hydrogen (secondary N) is 1. The molecule has 0 spiro atoms. The number of aromatic nitrogens is 1. The molecule has 0 radical (unpaired) electrons. The van der Waals surface area contributed by atoms with E-state index >= 15 is 0 Å². The van der Waals surface area contributed by atoms with Crippen LogP contribution in [-0.2, 0) is 0 Å². The highest BCUT2D eigenvalue weighted by Gasteiger charge is 2.22. The molecule has 0 saturated carbocycles. The minimum atomic E-state index is 0.523. The summed E-state index contributed by atoms with van der Waals surface area (Å²) in [6, 6.07) is 15.1. The van der Waals surface area contributed by atoms with Gasteiger partial charge in [0.25, 0.3) is 0 Å². The lowest BCUT2D eigenvalue weighted by atomic mass is 10.1. The van der Waals surface area contributed by atoms with E-state index in [1.165, 1.54) is 0 Å². The molecule has 0 unspecified atom stereocenters. The third kappa shape index (κ3) is 4.50. The second-order valence-electron chi connectivity index (χ2n) is 6.30. The second kappa shape index (κ2) is 8.84. The Balaban J connectivity index is 1.42. The van der Waals surface area contributed by atoms with Gasteiger partial charge in [-0.25, -0.2) is 4.98 Å². The Morgan fingerprint density at radius 2 is 1.96 bits per heavy atom. The van der Waals surface area contributed by atoms with Crippen molar-refractivity contribution in [2.24, 2.45) is 5.92 Å². The van der Waals surface area contributed by atoms with Crippen LogP contribution >= 0.6 is 0 Å². The van der Waals surface area contributed by atoms with E-state index in [9.17, 15) is 0 Å². The summed E-state index contributed by atoms with van der Waals surface area (Å²) in [4.78, 5) is 6.60. The number of nitrogens with zero attached hydrogens (tertiary/aromatic N) is 4. The molecule has 1 aliphatic heterocycles. The van der Waals surface area contributed by atoms with Gasteiger partial charge in [0.2, 0.25) is 0 Å². The number of hydrogen-bond acceptors (Lipinski definition) is 6. The first-order valence-electron chi connectivity index (χ1n) is 8.73. The van der Waals surface area contributed by atoms with Gasteiger partial charge in [0, 0.05) is 25.8 Å². The van der Waals surface area contributed by atoms with Gasteiger partial charge in [0.05, 0.1) is 11.1 Å². The monoisotopic (exact) mass is 347 g/mol. The largest absolute Gasteiger partial charge is 0.491 e. The molecule has 1 fully saturated rings. The fraction of sp³-hybridized carbons (Fsp3) is 0.350. The van der Waals surface area contributed by atoms with Crippen LogP contribution in [0, 0.1) is 28.6 Å². The highest BCUT2D eigenvalue weighted by Crippen LogP contribution is 2.19. The van der Waals surface area contributed by atoms with Gasteiger partial charge in [-0.05, 0) is 43.1 Å². The predicted molar refractivity (Wildman–Crippen MR) is 98.6 cm³/mol. The molecular formula is C20H21N5O. The normalized spacial score (nSPS) is 16.6. The van der Waals surface area contributed by atoms with Crippen LogP contribution in [0.1, 0.15) is 17.5 Å². The van der Waals surface area contributed by atoms with Crippen molar-refractivity contribution in [1.29, 1.82) is 10.5 Å². The number of pyridine rings is 1. The zero-order valence-corrected chi connectivity index (χ0v) is 14.6. The average molecular weight is 347 g/mol. The number of anilines is 1. The lowest BCUT2D eigenvalue weighted by Gasteiger charge is -2.17. The maximum atomic E-state index is 9.11. The molecule has 2 aromatic rings. The summed E-state index contributed by atoms with van der Waals surface area (Å²) in [5, 5.41) is 21.5. The smallest absolute Gasteiger partial charge is 0.143 e. The van der Waals surface area contributed by atoms with Gasteiger partial charge >= 0.3 is 0 Å². The molecule has 1 atom stereocenters. The fourth-order valence-electron chi connectivity index (χ4n) is 3.13. The highest BCUT2D eigenvalue weighted by atomic mass is 16.5. The molecule has 6 heteroatoms. The van der Waals surface area contributed by atoms with E-state index in [1.54, 1.807) is 24.4 Å². The summed E-state index contributed by atoms with van der Waals surface area (Å²) in [6.45, 7) is 4.23. The molecule has 0 bridgehead atoms. The number of rotatable bonds is 7. The van der Waals surface area contributed by atoms with Crippen molar-refractivity contribution in [3.05, 3.63) is 53.7 Å². The Morgan fingerprint density at radius 3 is 2.81 bits per heavy atom. The van der Waals surface area contributed by atoms with Crippen LogP contribution in [-0.4, -0.2) is 42.7 Å². The Morgan fingerprint density at radius 1 is 1.15 bits per heavy atom. The van der Waals surface area contributed by atoms with E-state index in [2.05, 4.69) is 27.3 Å². The number of benzene rings is 1. The van der Waals surface area contributed by atoms with E-state index in [1.807, 2.05) is 18.2 Å². The molecule has 26 heavy (non-hydrogen) atoms. The van der Waals surface area contributed by atoms with Crippen molar-refractivity contribution < 1.29 is 4.74 Å². The van der Waals surface area contributed by atoms with Gasteiger partial charge in [0.1, 0.15) is 30.3 Å². The lowest BCUT2D eigenvalue weighted by Crippen LogP contribution is -2.27. The lowest BCUT2D eigenvalue weighted by molar-refractivity contribution is 0.233. The molecule has 3 rings (SSSR count). The number of likely N-dealkylation sites (tertiary alicyclic amines) is 1. The summed E-state index contributed by atoms with van der Waals surface area (Å²) in [6.07, 6.45) is 2.80. The number of nitriles is 2. The van der Waals surface area contributed by atoms with E-state index in [0.717, 1.165) is 32.6 Å². The van der Waals surface area contributed by atoms with Crippen LogP contribution in [0.3, 0.4) is 0 Å². The van der Waals surface area contributed by atoms with Crippen molar-refractivity contribution in [2.45, 2.75) is 6.42 Å². The number of ether oxygens (including phenoxy) is 1. The third-order valence-electron chi connectivity index (χ3n) is 4.53. The zero-order chi connectivity index (χ0) is 18.2. The van der Waals surface area contributed by atoms with Crippen molar-refractivity contribution in [3.8, 4) is 17.9 Å². The summed E-state index contributed by atoms with van der Waals surface area (Å²) in [5.41, 5.74) is 1.14. The minimum Gasteiger partial charge on any atom is -0.491 e. The van der Waals surface area contributed by atoms with Crippen molar-refractivity contribution in [2.75, 3.05) is 38.1 Å². The number of hydrogen-bond donors (Lipinski definition) is 1. The van der Waals surface area contributed by atoms with Crippen LogP contribution in [0.25, 0.3) is 0 Å². The van der Waals surface area contributed by atoms with Gasteiger partial charge in [-0.2, -0.15) is 10.5 Å². The minimum absolute atomic E-state index is 0.523. The van der Waals surface area contributed by atoms with Gasteiger partial charge in [-0.15, -0.1) is 0 Å². The third-order valence-corrected chi connectivity index (χ3v) is 4.53. The molecule has 2 heterocycles. The fourth-order valence-corrected chi connectivity index (χ4v) is 3.13. The van der Waals surface area contributed by atoms with E-state index in [0.29, 0.717) is 35.2 Å². The molecule has 1 aromatic carbocycles. The highest BCUT2D eigenvalue weighted by molar-refractivity contribution is 5.51. The van der Waals surface area contributed by atoms with E-state index in [4.69, 9.17) is 15.3 Å². The van der Waals surface area contributed by atoms with Crippen molar-refractivity contribution in [3.63, 3.8) is 0 Å². The molecule has 0 amide bonds. The first-order valence-corrected chi connectivity index (χ1v) is 8.73. The Kier molecular flexibility index (Phi) is 6.03. The summed E-state index contributed by atoms with van der Waals surface area (Å²) >= 11 is 0. The maximum absolute atomic E-state index is 9.11. The summed E-state index contributed by atoms with van der Waals surface area (Å²) in [5.74, 6) is 1.83. The second-order valence-corrected chi connectivity index (χ2v) is 6.30. The molecule has 1 aliphatic rings. The number of para-hydroxylation sites is 1. The molecule has 1 aromatic heterocycles. The molecule has 0 aliphatic carbocycles. The maximum Gasteiger partial charge on any atom is 0.143 e. The van der Waals surface area contributed by atoms with Gasteiger partial charge in [-0.3, -0.25) is 4.90 Å². The standard InChI is InChI=1S/C20H21N5O/c21-12-17-4-1-2-6-19(17)26-11-10-25-9-7-16(15-25)14-24-20-18(13-22)5-3-8-23-20/h1-6,8,16H,7,9-11,14-15H2,(H,23,24)/t16-/m0/s1. The van der Waals surface area contributed by atoms with Crippen molar-refractivity contribution in [1.82, 2.24) is 9.88 Å². The molecule has 1 N–H and O–H groups in total. The predicted octanol–water partition coefficient (Wildman–Crippen LogP) is 2.64. The van der Waals surface area contributed by atoms with Crippen LogP contribution in [0.4, 0.5) is 5.82 Å². The summed E-state index contributed by atoms with van der Waals surface area (Å²) in [7, 11) is 0. The van der Waals surface area contributed by atoms with E-state index < -0.39 is 0 Å². The first kappa shape index (κ1) is 17.7. The Hall–Kier alpha value is -3.09. The zero-order valence-electron chi connectivity index (χ0n) is 14.6. The van der Waals surface area contributed by atoms with Crippen LogP contribution in [0.2, 0.25) is 0 Å². The van der Waals surface area contributed by atoms with Crippen molar-refractivity contribution >= 4 is 5.82 Å². The molecule has 132 valence electrons. The average Bonchev–Trinajstić information content (AvgIpc) is 3.14.